The van der Waals surface area contributed by atoms with Crippen LogP contribution in [0.4, 0.5) is 0 Å². The van der Waals surface area contributed by atoms with Gasteiger partial charge in [0.1, 0.15) is 5.75 Å². The van der Waals surface area contributed by atoms with E-state index in [1.165, 1.54) is 50.5 Å². The van der Waals surface area contributed by atoms with Crippen LogP contribution in [0, 0.1) is 0 Å². The van der Waals surface area contributed by atoms with Crippen molar-refractivity contribution < 1.29 is 9.57 Å². The molecule has 0 saturated heterocycles. The molecular formula is C19H33NO2. The van der Waals surface area contributed by atoms with Gasteiger partial charge in [0.2, 0.25) is 0 Å². The molecule has 3 nitrogen and oxygen atoms in total. The topological polar surface area (TPSA) is 30.5 Å². The molecule has 126 valence electrons. The molecule has 0 unspecified atom stereocenters. The van der Waals surface area contributed by atoms with Gasteiger partial charge in [0.15, 0.2) is 0 Å². The van der Waals surface area contributed by atoms with Crippen LogP contribution in [0.3, 0.4) is 0 Å². The highest BCUT2D eigenvalue weighted by molar-refractivity contribution is 5.28. The SMILES string of the molecule is CCCCCCCCCc1cccc(ONCCOCC)c1. The summed E-state index contributed by atoms with van der Waals surface area (Å²) in [5.41, 5.74) is 4.29. The molecule has 0 radical (unpaired) electrons. The highest BCUT2D eigenvalue weighted by Gasteiger charge is 1.98. The van der Waals surface area contributed by atoms with E-state index in [9.17, 15) is 0 Å². The van der Waals surface area contributed by atoms with Crippen molar-refractivity contribution in [3.8, 4) is 5.75 Å². The van der Waals surface area contributed by atoms with Crippen LogP contribution in [0.1, 0.15) is 64.4 Å². The van der Waals surface area contributed by atoms with E-state index in [0.717, 1.165) is 18.8 Å². The molecule has 1 aromatic rings. The van der Waals surface area contributed by atoms with Crippen molar-refractivity contribution in [2.24, 2.45) is 0 Å². The van der Waals surface area contributed by atoms with E-state index < -0.39 is 0 Å². The third kappa shape index (κ3) is 9.80. The summed E-state index contributed by atoms with van der Waals surface area (Å²) in [7, 11) is 0. The summed E-state index contributed by atoms with van der Waals surface area (Å²) >= 11 is 0. The van der Waals surface area contributed by atoms with E-state index in [1.807, 2.05) is 13.0 Å². The molecule has 0 aromatic heterocycles. The molecule has 0 bridgehead atoms. The van der Waals surface area contributed by atoms with Crippen molar-refractivity contribution in [3.63, 3.8) is 0 Å². The normalized spacial score (nSPS) is 10.8. The van der Waals surface area contributed by atoms with Crippen LogP contribution in [-0.2, 0) is 11.2 Å². The van der Waals surface area contributed by atoms with Crippen LogP contribution in [0.15, 0.2) is 24.3 Å². The van der Waals surface area contributed by atoms with Gasteiger partial charge in [0.05, 0.1) is 13.2 Å². The number of hydrogen-bond acceptors (Lipinski definition) is 3. The molecule has 0 aliphatic carbocycles. The molecule has 1 N–H and O–H groups in total. The van der Waals surface area contributed by atoms with Gasteiger partial charge in [-0.15, -0.1) is 0 Å². The van der Waals surface area contributed by atoms with E-state index in [-0.39, 0.29) is 0 Å². The van der Waals surface area contributed by atoms with Crippen LogP contribution < -0.4 is 10.3 Å². The van der Waals surface area contributed by atoms with E-state index >= 15 is 0 Å². The van der Waals surface area contributed by atoms with Crippen LogP contribution >= 0.6 is 0 Å². The van der Waals surface area contributed by atoms with Gasteiger partial charge in [-0.05, 0) is 37.5 Å². The first-order chi connectivity index (χ1) is 10.9. The Morgan fingerprint density at radius 1 is 0.955 bits per heavy atom. The Balaban J connectivity index is 2.12. The van der Waals surface area contributed by atoms with Crippen LogP contribution in [0.25, 0.3) is 0 Å². The molecule has 0 saturated carbocycles. The van der Waals surface area contributed by atoms with Gasteiger partial charge < -0.3 is 9.57 Å². The minimum absolute atomic E-state index is 0.675. The molecule has 0 aliphatic heterocycles. The van der Waals surface area contributed by atoms with E-state index in [4.69, 9.17) is 9.57 Å². The van der Waals surface area contributed by atoms with Gasteiger partial charge in [-0.1, -0.05) is 57.6 Å². The van der Waals surface area contributed by atoms with Gasteiger partial charge in [0, 0.05) is 6.61 Å². The molecule has 0 aliphatic rings. The molecule has 22 heavy (non-hydrogen) atoms. The third-order valence-electron chi connectivity index (χ3n) is 3.71. The molecule has 0 spiro atoms. The average Bonchev–Trinajstić information content (AvgIpc) is 2.54. The molecule has 0 heterocycles. The lowest BCUT2D eigenvalue weighted by atomic mass is 10.0. The fraction of sp³-hybridized carbons (Fsp3) is 0.684. The zero-order valence-corrected chi connectivity index (χ0v) is 14.4. The number of benzene rings is 1. The minimum atomic E-state index is 0.675. The Morgan fingerprint density at radius 2 is 1.73 bits per heavy atom. The Labute approximate surface area is 136 Å². The summed E-state index contributed by atoms with van der Waals surface area (Å²) in [6, 6.07) is 8.37. The first-order valence-electron chi connectivity index (χ1n) is 8.93. The molecule has 0 fully saturated rings. The smallest absolute Gasteiger partial charge is 0.147 e. The number of ether oxygens (including phenoxy) is 1. The predicted molar refractivity (Wildman–Crippen MR) is 93.3 cm³/mol. The summed E-state index contributed by atoms with van der Waals surface area (Å²) in [6.45, 7) is 6.38. The number of nitrogens with one attached hydrogen (secondary N) is 1. The van der Waals surface area contributed by atoms with Crippen molar-refractivity contribution in [1.29, 1.82) is 0 Å². The Hall–Kier alpha value is -1.06. The molecule has 3 heteroatoms. The molecule has 0 atom stereocenters. The molecule has 1 aromatic carbocycles. The second-order valence-corrected chi connectivity index (χ2v) is 5.71. The molecule has 1 rings (SSSR count). The van der Waals surface area contributed by atoms with Gasteiger partial charge in [-0.3, -0.25) is 0 Å². The van der Waals surface area contributed by atoms with Crippen LogP contribution in [0.2, 0.25) is 0 Å². The lowest BCUT2D eigenvalue weighted by molar-refractivity contribution is 0.110. The zero-order chi connectivity index (χ0) is 15.9. The number of unbranched alkanes of at least 4 members (excludes halogenated alkanes) is 6. The summed E-state index contributed by atoms with van der Waals surface area (Å²) in [6.07, 6.45) is 10.6. The quantitative estimate of drug-likeness (QED) is 0.392. The Bertz CT molecular complexity index is 368. The van der Waals surface area contributed by atoms with Crippen LogP contribution in [0.5, 0.6) is 5.75 Å². The van der Waals surface area contributed by atoms with Gasteiger partial charge in [0.25, 0.3) is 0 Å². The number of hydroxylamine groups is 1. The average molecular weight is 307 g/mol. The van der Waals surface area contributed by atoms with Crippen molar-refractivity contribution in [2.75, 3.05) is 19.8 Å². The number of aryl methyl sites for hydroxylation is 1. The fourth-order valence-electron chi connectivity index (χ4n) is 2.44. The zero-order valence-electron chi connectivity index (χ0n) is 14.4. The second kappa shape index (κ2) is 13.6. The van der Waals surface area contributed by atoms with Crippen molar-refractivity contribution >= 4 is 0 Å². The molecular weight excluding hydrogens is 274 g/mol. The van der Waals surface area contributed by atoms with E-state index in [0.29, 0.717) is 13.2 Å². The Morgan fingerprint density at radius 3 is 2.50 bits per heavy atom. The fourth-order valence-corrected chi connectivity index (χ4v) is 2.44. The summed E-state index contributed by atoms with van der Waals surface area (Å²) in [5.74, 6) is 0.886. The highest BCUT2D eigenvalue weighted by Crippen LogP contribution is 2.15. The number of rotatable bonds is 14. The largest absolute Gasteiger partial charge is 0.409 e. The monoisotopic (exact) mass is 307 g/mol. The maximum Gasteiger partial charge on any atom is 0.147 e. The summed E-state index contributed by atoms with van der Waals surface area (Å²) < 4.78 is 5.25. The van der Waals surface area contributed by atoms with Crippen molar-refractivity contribution in [1.82, 2.24) is 5.48 Å². The van der Waals surface area contributed by atoms with Crippen molar-refractivity contribution in [2.45, 2.75) is 65.2 Å². The van der Waals surface area contributed by atoms with Gasteiger partial charge in [-0.25, -0.2) is 0 Å². The van der Waals surface area contributed by atoms with Crippen molar-refractivity contribution in [3.05, 3.63) is 29.8 Å². The highest BCUT2D eigenvalue weighted by atomic mass is 16.6. The standard InChI is InChI=1S/C19H33NO2/c1-3-5-6-7-8-9-10-12-18-13-11-14-19(17-18)22-20-15-16-21-4-2/h11,13-14,17,20H,3-10,12,15-16H2,1-2H3. The van der Waals surface area contributed by atoms with E-state index in [2.05, 4.69) is 30.6 Å². The van der Waals surface area contributed by atoms with Crippen LogP contribution in [-0.4, -0.2) is 19.8 Å². The Kier molecular flexibility index (Phi) is 11.7. The summed E-state index contributed by atoms with van der Waals surface area (Å²) in [4.78, 5) is 5.53. The number of hydrogen-bond donors (Lipinski definition) is 1. The first-order valence-corrected chi connectivity index (χ1v) is 8.93. The lowest BCUT2D eigenvalue weighted by Crippen LogP contribution is -2.23. The second-order valence-electron chi connectivity index (χ2n) is 5.71. The third-order valence-corrected chi connectivity index (χ3v) is 3.71. The van der Waals surface area contributed by atoms with Gasteiger partial charge >= 0.3 is 0 Å². The van der Waals surface area contributed by atoms with Gasteiger partial charge in [-0.2, -0.15) is 5.48 Å². The first kappa shape index (κ1) is 19.0. The summed E-state index contributed by atoms with van der Waals surface area (Å²) in [5, 5.41) is 0. The minimum Gasteiger partial charge on any atom is -0.409 e. The maximum absolute atomic E-state index is 5.53. The maximum atomic E-state index is 5.53. The predicted octanol–water partition coefficient (Wildman–Crippen LogP) is 4.90. The van der Waals surface area contributed by atoms with E-state index in [1.54, 1.807) is 0 Å². The molecule has 0 amide bonds. The lowest BCUT2D eigenvalue weighted by Gasteiger charge is -2.09.